The van der Waals surface area contributed by atoms with Crippen LogP contribution in [0, 0.1) is 6.92 Å². The highest BCUT2D eigenvalue weighted by Gasteiger charge is 2.40. The molecule has 200 valence electrons. The summed E-state index contributed by atoms with van der Waals surface area (Å²) < 4.78 is 1.10. The first-order valence-corrected chi connectivity index (χ1v) is 12.6. The lowest BCUT2D eigenvalue weighted by molar-refractivity contribution is -0.135. The van der Waals surface area contributed by atoms with Gasteiger partial charge in [-0.1, -0.05) is 42.5 Å². The Morgan fingerprint density at radius 1 is 0.947 bits per heavy atom. The second kappa shape index (κ2) is 11.9. The first-order chi connectivity index (χ1) is 18.3. The fourth-order valence-corrected chi connectivity index (χ4v) is 4.69. The molecule has 1 saturated heterocycles. The zero-order valence-electron chi connectivity index (χ0n) is 21.3. The van der Waals surface area contributed by atoms with Gasteiger partial charge in [0.1, 0.15) is 12.1 Å². The number of benzene rings is 2. The SMILES string of the molecule is Cc1cn(CC(=O)NC2(C(=O)NCCNC(=O)Cc3cccc4ccccc34)CCNCC2)c(=O)[nH]c1=O. The number of aryl methyl sites for hydroxylation is 1. The molecule has 5 N–H and O–H groups in total. The zero-order chi connectivity index (χ0) is 27.1. The number of aromatic nitrogens is 2. The number of carbonyl (C=O) groups is 3. The summed E-state index contributed by atoms with van der Waals surface area (Å²) in [4.78, 5) is 64.3. The number of carbonyl (C=O) groups excluding carboxylic acids is 3. The number of aromatic amines is 1. The van der Waals surface area contributed by atoms with E-state index in [1.807, 2.05) is 42.5 Å². The van der Waals surface area contributed by atoms with Crippen LogP contribution in [0.25, 0.3) is 10.8 Å². The molecule has 1 fully saturated rings. The molecule has 11 heteroatoms. The van der Waals surface area contributed by atoms with E-state index in [2.05, 4.69) is 26.3 Å². The van der Waals surface area contributed by atoms with E-state index in [4.69, 9.17) is 0 Å². The quantitative estimate of drug-likeness (QED) is 0.244. The first kappa shape index (κ1) is 26.8. The molecule has 2 heterocycles. The van der Waals surface area contributed by atoms with Gasteiger partial charge < -0.3 is 21.3 Å². The number of amides is 3. The maximum atomic E-state index is 13.2. The maximum absolute atomic E-state index is 13.2. The highest BCUT2D eigenvalue weighted by atomic mass is 16.2. The van der Waals surface area contributed by atoms with Crippen molar-refractivity contribution in [2.24, 2.45) is 0 Å². The van der Waals surface area contributed by atoms with Gasteiger partial charge in [0, 0.05) is 24.8 Å². The third kappa shape index (κ3) is 6.35. The predicted octanol–water partition coefficient (Wildman–Crippen LogP) is -0.288. The molecule has 0 aliphatic carbocycles. The molecule has 11 nitrogen and oxygen atoms in total. The van der Waals surface area contributed by atoms with Crippen LogP contribution in [0.15, 0.2) is 58.3 Å². The number of fused-ring (bicyclic) bond motifs is 1. The van der Waals surface area contributed by atoms with Crippen LogP contribution in [0.3, 0.4) is 0 Å². The molecule has 1 aliphatic heterocycles. The van der Waals surface area contributed by atoms with Crippen molar-refractivity contribution in [1.29, 1.82) is 0 Å². The van der Waals surface area contributed by atoms with E-state index in [1.54, 1.807) is 0 Å². The number of H-pyrrole nitrogens is 1. The van der Waals surface area contributed by atoms with Gasteiger partial charge in [0.25, 0.3) is 5.56 Å². The van der Waals surface area contributed by atoms with Gasteiger partial charge >= 0.3 is 5.69 Å². The number of rotatable bonds is 9. The topological polar surface area (TPSA) is 154 Å². The van der Waals surface area contributed by atoms with Crippen LogP contribution in [0.2, 0.25) is 0 Å². The molecule has 3 aromatic rings. The van der Waals surface area contributed by atoms with Gasteiger partial charge in [-0.25, -0.2) is 4.79 Å². The van der Waals surface area contributed by atoms with Crippen LogP contribution in [0.5, 0.6) is 0 Å². The second-order valence-corrected chi connectivity index (χ2v) is 9.50. The second-order valence-electron chi connectivity index (χ2n) is 9.50. The van der Waals surface area contributed by atoms with Gasteiger partial charge in [-0.3, -0.25) is 28.7 Å². The summed E-state index contributed by atoms with van der Waals surface area (Å²) in [6, 6.07) is 13.7. The Hall–Kier alpha value is -4.25. The van der Waals surface area contributed by atoms with E-state index < -0.39 is 22.7 Å². The molecule has 4 rings (SSSR count). The Labute approximate surface area is 219 Å². The molecule has 1 aliphatic rings. The van der Waals surface area contributed by atoms with E-state index in [-0.39, 0.29) is 37.9 Å². The third-order valence-electron chi connectivity index (χ3n) is 6.74. The molecule has 0 bridgehead atoms. The van der Waals surface area contributed by atoms with E-state index in [9.17, 15) is 24.0 Å². The average molecular weight is 521 g/mol. The number of hydrogen-bond donors (Lipinski definition) is 5. The minimum Gasteiger partial charge on any atom is -0.354 e. The van der Waals surface area contributed by atoms with Gasteiger partial charge in [-0.2, -0.15) is 0 Å². The molecule has 1 aromatic heterocycles. The van der Waals surface area contributed by atoms with Crippen molar-refractivity contribution in [3.63, 3.8) is 0 Å². The summed E-state index contributed by atoms with van der Waals surface area (Å²) in [5, 5.41) is 13.7. The van der Waals surface area contributed by atoms with Crippen molar-refractivity contribution in [3.05, 3.63) is 80.6 Å². The fraction of sp³-hybridized carbons (Fsp3) is 0.370. The van der Waals surface area contributed by atoms with Gasteiger partial charge in [0.05, 0.1) is 6.42 Å². The van der Waals surface area contributed by atoms with E-state index >= 15 is 0 Å². The number of hydrogen-bond acceptors (Lipinski definition) is 6. The van der Waals surface area contributed by atoms with Crippen LogP contribution in [-0.2, 0) is 27.3 Å². The monoisotopic (exact) mass is 520 g/mol. The Balaban J connectivity index is 1.31. The number of nitrogens with zero attached hydrogens (tertiary/aromatic N) is 1. The zero-order valence-corrected chi connectivity index (χ0v) is 21.3. The average Bonchev–Trinajstić information content (AvgIpc) is 2.90. The number of piperidine rings is 1. The summed E-state index contributed by atoms with van der Waals surface area (Å²) in [7, 11) is 0. The molecular formula is C27H32N6O5. The molecule has 38 heavy (non-hydrogen) atoms. The Morgan fingerprint density at radius 2 is 1.66 bits per heavy atom. The Bertz CT molecular complexity index is 1450. The summed E-state index contributed by atoms with van der Waals surface area (Å²) >= 11 is 0. The lowest BCUT2D eigenvalue weighted by Gasteiger charge is -2.37. The minimum atomic E-state index is -1.14. The highest BCUT2D eigenvalue weighted by Crippen LogP contribution is 2.20. The smallest absolute Gasteiger partial charge is 0.328 e. The van der Waals surface area contributed by atoms with Crippen LogP contribution >= 0.6 is 0 Å². The standard InChI is InChI=1S/C27H32N6O5/c1-18-16-33(26(38)31-24(18)36)17-23(35)32-27(9-11-28-12-10-27)25(37)30-14-13-29-22(34)15-20-7-4-6-19-5-2-3-8-21(19)20/h2-8,16,28H,9-15,17H2,1H3,(H,29,34)(H,30,37)(H,32,35)(H,31,36,38). The molecule has 0 saturated carbocycles. The van der Waals surface area contributed by atoms with Crippen LogP contribution in [0.1, 0.15) is 24.0 Å². The largest absolute Gasteiger partial charge is 0.354 e. The third-order valence-corrected chi connectivity index (χ3v) is 6.74. The van der Waals surface area contributed by atoms with Crippen molar-refractivity contribution >= 4 is 28.5 Å². The molecule has 2 aromatic carbocycles. The summed E-state index contributed by atoms with van der Waals surface area (Å²) in [6.07, 6.45) is 2.29. The molecule has 0 unspecified atom stereocenters. The Morgan fingerprint density at radius 3 is 2.45 bits per heavy atom. The van der Waals surface area contributed by atoms with Crippen molar-refractivity contribution in [1.82, 2.24) is 30.8 Å². The molecule has 0 radical (unpaired) electrons. The van der Waals surface area contributed by atoms with E-state index in [1.165, 1.54) is 13.1 Å². The molecule has 0 atom stereocenters. The summed E-state index contributed by atoms with van der Waals surface area (Å²) in [5.41, 5.74) is -1.12. The minimum absolute atomic E-state index is 0.151. The van der Waals surface area contributed by atoms with Crippen LogP contribution in [0.4, 0.5) is 0 Å². The summed E-state index contributed by atoms with van der Waals surface area (Å²) in [6.45, 7) is 2.71. The number of nitrogens with one attached hydrogen (secondary N) is 5. The predicted molar refractivity (Wildman–Crippen MR) is 143 cm³/mol. The molecular weight excluding hydrogens is 488 g/mol. The molecule has 3 amide bonds. The van der Waals surface area contributed by atoms with Crippen molar-refractivity contribution in [3.8, 4) is 0 Å². The molecule has 0 spiro atoms. The van der Waals surface area contributed by atoms with Crippen molar-refractivity contribution < 1.29 is 14.4 Å². The van der Waals surface area contributed by atoms with Gasteiger partial charge in [0.2, 0.25) is 17.7 Å². The van der Waals surface area contributed by atoms with Gasteiger partial charge in [0.15, 0.2) is 0 Å². The fourth-order valence-electron chi connectivity index (χ4n) is 4.69. The summed E-state index contributed by atoms with van der Waals surface area (Å²) in [5.74, 6) is -1.01. The lowest BCUT2D eigenvalue weighted by Crippen LogP contribution is -2.63. The van der Waals surface area contributed by atoms with Crippen molar-refractivity contribution in [2.75, 3.05) is 26.2 Å². The highest BCUT2D eigenvalue weighted by molar-refractivity contribution is 5.92. The van der Waals surface area contributed by atoms with Gasteiger partial charge in [-0.05, 0) is 49.2 Å². The Kier molecular flexibility index (Phi) is 8.37. The lowest BCUT2D eigenvalue weighted by atomic mass is 9.87. The van der Waals surface area contributed by atoms with Gasteiger partial charge in [-0.15, -0.1) is 0 Å². The van der Waals surface area contributed by atoms with E-state index in [0.717, 1.165) is 20.9 Å². The maximum Gasteiger partial charge on any atom is 0.328 e. The normalized spacial score (nSPS) is 14.6. The van der Waals surface area contributed by atoms with Crippen LogP contribution < -0.4 is 32.5 Å². The first-order valence-electron chi connectivity index (χ1n) is 12.6. The van der Waals surface area contributed by atoms with Crippen LogP contribution in [-0.4, -0.2) is 59.0 Å². The van der Waals surface area contributed by atoms with E-state index in [0.29, 0.717) is 31.5 Å². The van der Waals surface area contributed by atoms with Crippen molar-refractivity contribution in [2.45, 2.75) is 38.3 Å².